The third kappa shape index (κ3) is 7.25. The number of esters is 1. The van der Waals surface area contributed by atoms with Crippen molar-refractivity contribution in [2.45, 2.75) is 32.6 Å². The Bertz CT molecular complexity index is 194. The molecule has 0 spiro atoms. The Balaban J connectivity index is 3.52. The van der Waals surface area contributed by atoms with Crippen LogP contribution in [0.3, 0.4) is 0 Å². The number of rotatable bonds is 6. The number of methoxy groups -OCH3 is 1. The van der Waals surface area contributed by atoms with Crippen molar-refractivity contribution in [2.24, 2.45) is 0 Å². The molecule has 0 radical (unpaired) electrons. The number of Topliss-reactive ketones (excluding diaryl/α,β-unsaturated/α-hetero) is 1. The second-order valence-electron chi connectivity index (χ2n) is 2.71. The molecule has 0 heterocycles. The third-order valence-electron chi connectivity index (χ3n) is 1.56. The minimum Gasteiger partial charge on any atom is -0.469 e. The topological polar surface area (TPSA) is 43.4 Å². The van der Waals surface area contributed by atoms with Gasteiger partial charge in [0, 0.05) is 6.42 Å². The molecule has 0 aromatic carbocycles. The molecule has 0 aliphatic heterocycles. The van der Waals surface area contributed by atoms with Crippen molar-refractivity contribution in [1.82, 2.24) is 0 Å². The van der Waals surface area contributed by atoms with Gasteiger partial charge >= 0.3 is 5.97 Å². The van der Waals surface area contributed by atoms with Gasteiger partial charge in [-0.2, -0.15) is 0 Å². The summed E-state index contributed by atoms with van der Waals surface area (Å²) in [6, 6.07) is 0. The standard InChI is InChI=1S/C10H16O3/c1-3-4-5-6-7-9(11)8-10(12)13-2/h4-5H,3,6-8H2,1-2H3/b5-4+. The van der Waals surface area contributed by atoms with Crippen LogP contribution in [-0.2, 0) is 14.3 Å². The first kappa shape index (κ1) is 11.9. The van der Waals surface area contributed by atoms with Gasteiger partial charge in [0.2, 0.25) is 0 Å². The van der Waals surface area contributed by atoms with Crippen LogP contribution in [0.1, 0.15) is 32.6 Å². The normalized spacial score (nSPS) is 10.3. The minimum absolute atomic E-state index is 0.0624. The molecule has 74 valence electrons. The maximum atomic E-state index is 11.0. The summed E-state index contributed by atoms with van der Waals surface area (Å²) in [5.74, 6) is -0.517. The lowest BCUT2D eigenvalue weighted by molar-refractivity contribution is -0.143. The molecule has 0 aliphatic carbocycles. The fourth-order valence-corrected chi connectivity index (χ4v) is 0.850. The highest BCUT2D eigenvalue weighted by Gasteiger charge is 2.07. The van der Waals surface area contributed by atoms with Crippen LogP contribution in [0.25, 0.3) is 0 Å². The highest BCUT2D eigenvalue weighted by molar-refractivity contribution is 5.95. The molecule has 0 aliphatic rings. The molecule has 0 amide bonds. The second kappa shape index (κ2) is 7.53. The third-order valence-corrected chi connectivity index (χ3v) is 1.56. The zero-order valence-corrected chi connectivity index (χ0v) is 8.21. The maximum absolute atomic E-state index is 11.0. The zero-order chi connectivity index (χ0) is 10.1. The van der Waals surface area contributed by atoms with Gasteiger partial charge in [-0.3, -0.25) is 9.59 Å². The van der Waals surface area contributed by atoms with Gasteiger partial charge < -0.3 is 4.74 Å². The van der Waals surface area contributed by atoms with Crippen LogP contribution >= 0.6 is 0 Å². The van der Waals surface area contributed by atoms with E-state index in [2.05, 4.69) is 4.74 Å². The molecule has 0 fully saturated rings. The van der Waals surface area contributed by atoms with Crippen molar-refractivity contribution in [2.75, 3.05) is 7.11 Å². The van der Waals surface area contributed by atoms with Crippen molar-refractivity contribution in [3.63, 3.8) is 0 Å². The largest absolute Gasteiger partial charge is 0.469 e. The van der Waals surface area contributed by atoms with Crippen LogP contribution in [0.2, 0.25) is 0 Å². The van der Waals surface area contributed by atoms with Crippen molar-refractivity contribution in [3.05, 3.63) is 12.2 Å². The van der Waals surface area contributed by atoms with Crippen LogP contribution in [0.15, 0.2) is 12.2 Å². The minimum atomic E-state index is -0.454. The smallest absolute Gasteiger partial charge is 0.313 e. The number of carbonyl (C=O) groups excluding carboxylic acids is 2. The predicted octanol–water partition coefficient (Wildman–Crippen LogP) is 1.86. The van der Waals surface area contributed by atoms with Gasteiger partial charge in [0.25, 0.3) is 0 Å². The Morgan fingerprint density at radius 1 is 1.31 bits per heavy atom. The molecule has 3 heteroatoms. The van der Waals surface area contributed by atoms with Crippen LogP contribution in [-0.4, -0.2) is 18.9 Å². The summed E-state index contributed by atoms with van der Waals surface area (Å²) in [7, 11) is 1.28. The zero-order valence-electron chi connectivity index (χ0n) is 8.21. The SMILES string of the molecule is CC/C=C/CCC(=O)CC(=O)OC. The lowest BCUT2D eigenvalue weighted by Crippen LogP contribution is -2.08. The summed E-state index contributed by atoms with van der Waals surface area (Å²) in [5, 5.41) is 0. The van der Waals surface area contributed by atoms with Gasteiger partial charge in [-0.15, -0.1) is 0 Å². The summed E-state index contributed by atoms with van der Waals surface area (Å²) < 4.78 is 4.37. The molecule has 0 unspecified atom stereocenters. The average Bonchev–Trinajstić information content (AvgIpc) is 2.12. The monoisotopic (exact) mass is 184 g/mol. The fourth-order valence-electron chi connectivity index (χ4n) is 0.850. The Kier molecular flexibility index (Phi) is 6.88. The van der Waals surface area contributed by atoms with Gasteiger partial charge in [-0.05, 0) is 12.8 Å². The maximum Gasteiger partial charge on any atom is 0.313 e. The highest BCUT2D eigenvalue weighted by atomic mass is 16.5. The fraction of sp³-hybridized carbons (Fsp3) is 0.600. The highest BCUT2D eigenvalue weighted by Crippen LogP contribution is 1.98. The molecular formula is C10H16O3. The number of allylic oxidation sites excluding steroid dienone is 2. The van der Waals surface area contributed by atoms with E-state index in [1.54, 1.807) is 0 Å². The second-order valence-corrected chi connectivity index (χ2v) is 2.71. The van der Waals surface area contributed by atoms with E-state index in [1.165, 1.54) is 7.11 Å². The van der Waals surface area contributed by atoms with E-state index < -0.39 is 5.97 Å². The summed E-state index contributed by atoms with van der Waals surface area (Å²) in [4.78, 5) is 21.7. The van der Waals surface area contributed by atoms with Crippen LogP contribution in [0.5, 0.6) is 0 Å². The number of ether oxygens (including phenoxy) is 1. The molecule has 0 saturated heterocycles. The molecular weight excluding hydrogens is 168 g/mol. The van der Waals surface area contributed by atoms with E-state index in [9.17, 15) is 9.59 Å². The van der Waals surface area contributed by atoms with Crippen molar-refractivity contribution < 1.29 is 14.3 Å². The first-order valence-electron chi connectivity index (χ1n) is 4.44. The Labute approximate surface area is 78.8 Å². The first-order chi connectivity index (χ1) is 6.20. The average molecular weight is 184 g/mol. The number of carbonyl (C=O) groups is 2. The van der Waals surface area contributed by atoms with E-state index in [4.69, 9.17) is 0 Å². The molecule has 0 rings (SSSR count). The first-order valence-corrected chi connectivity index (χ1v) is 4.44. The summed E-state index contributed by atoms with van der Waals surface area (Å²) in [6.45, 7) is 2.03. The molecule has 0 N–H and O–H groups in total. The summed E-state index contributed by atoms with van der Waals surface area (Å²) >= 11 is 0. The van der Waals surface area contributed by atoms with E-state index in [0.717, 1.165) is 6.42 Å². The van der Waals surface area contributed by atoms with Crippen LogP contribution < -0.4 is 0 Å². The van der Waals surface area contributed by atoms with Gasteiger partial charge in [0.1, 0.15) is 12.2 Å². The van der Waals surface area contributed by atoms with Crippen molar-refractivity contribution >= 4 is 11.8 Å². The molecule has 3 nitrogen and oxygen atoms in total. The molecule has 0 atom stereocenters. The lowest BCUT2D eigenvalue weighted by Gasteiger charge is -1.96. The molecule has 0 bridgehead atoms. The summed E-state index contributed by atoms with van der Waals surface area (Å²) in [5.41, 5.74) is 0. The van der Waals surface area contributed by atoms with Gasteiger partial charge in [-0.1, -0.05) is 19.1 Å². The van der Waals surface area contributed by atoms with E-state index in [0.29, 0.717) is 12.8 Å². The number of hydrogen-bond donors (Lipinski definition) is 0. The Morgan fingerprint density at radius 3 is 2.54 bits per heavy atom. The number of ketones is 1. The van der Waals surface area contributed by atoms with E-state index in [1.807, 2.05) is 19.1 Å². The molecule has 0 saturated carbocycles. The van der Waals surface area contributed by atoms with E-state index >= 15 is 0 Å². The molecule has 13 heavy (non-hydrogen) atoms. The molecule has 0 aromatic rings. The van der Waals surface area contributed by atoms with Crippen LogP contribution in [0.4, 0.5) is 0 Å². The summed E-state index contributed by atoms with van der Waals surface area (Å²) in [6.07, 6.45) is 5.97. The predicted molar refractivity (Wildman–Crippen MR) is 50.3 cm³/mol. The molecule has 0 aromatic heterocycles. The Hall–Kier alpha value is -1.12. The van der Waals surface area contributed by atoms with Gasteiger partial charge in [0.15, 0.2) is 0 Å². The number of hydrogen-bond acceptors (Lipinski definition) is 3. The van der Waals surface area contributed by atoms with Gasteiger partial charge in [0.05, 0.1) is 7.11 Å². The van der Waals surface area contributed by atoms with E-state index in [-0.39, 0.29) is 12.2 Å². The Morgan fingerprint density at radius 2 is 2.00 bits per heavy atom. The quantitative estimate of drug-likeness (QED) is 0.359. The van der Waals surface area contributed by atoms with Crippen molar-refractivity contribution in [1.29, 1.82) is 0 Å². The van der Waals surface area contributed by atoms with Crippen molar-refractivity contribution in [3.8, 4) is 0 Å². The lowest BCUT2D eigenvalue weighted by atomic mass is 10.1. The van der Waals surface area contributed by atoms with Crippen LogP contribution in [0, 0.1) is 0 Å². The van der Waals surface area contributed by atoms with Gasteiger partial charge in [-0.25, -0.2) is 0 Å².